The van der Waals surface area contributed by atoms with E-state index in [0.29, 0.717) is 18.3 Å². The first-order chi connectivity index (χ1) is 10.4. The van der Waals surface area contributed by atoms with E-state index in [0.717, 1.165) is 19.1 Å². The van der Waals surface area contributed by atoms with Crippen molar-refractivity contribution in [2.75, 3.05) is 12.8 Å². The van der Waals surface area contributed by atoms with E-state index in [-0.39, 0.29) is 22.8 Å². The third-order valence-corrected chi connectivity index (χ3v) is 4.46. The van der Waals surface area contributed by atoms with E-state index in [1.807, 2.05) is 0 Å². The maximum absolute atomic E-state index is 12.5. The van der Waals surface area contributed by atoms with E-state index in [1.165, 1.54) is 12.1 Å². The van der Waals surface area contributed by atoms with Crippen LogP contribution in [-0.4, -0.2) is 42.2 Å². The van der Waals surface area contributed by atoms with Gasteiger partial charge >= 0.3 is 0 Å². The van der Waals surface area contributed by atoms with E-state index in [2.05, 4.69) is 10.1 Å². The zero-order valence-corrected chi connectivity index (χ0v) is 13.0. The van der Waals surface area contributed by atoms with Crippen molar-refractivity contribution in [3.05, 3.63) is 29.6 Å². The molecule has 9 heteroatoms. The molecule has 1 unspecified atom stereocenters. The van der Waals surface area contributed by atoms with Crippen LogP contribution in [-0.2, 0) is 9.84 Å². The van der Waals surface area contributed by atoms with Crippen molar-refractivity contribution in [3.8, 4) is 0 Å². The van der Waals surface area contributed by atoms with Gasteiger partial charge in [-0.15, -0.1) is 0 Å². The van der Waals surface area contributed by atoms with Crippen molar-refractivity contribution in [3.63, 3.8) is 0 Å². The van der Waals surface area contributed by atoms with E-state index >= 15 is 0 Å². The fourth-order valence-corrected chi connectivity index (χ4v) is 3.06. The minimum atomic E-state index is -3.48. The van der Waals surface area contributed by atoms with Gasteiger partial charge in [0.05, 0.1) is 6.04 Å². The van der Waals surface area contributed by atoms with E-state index in [4.69, 9.17) is 8.94 Å². The van der Waals surface area contributed by atoms with Crippen molar-refractivity contribution in [1.82, 2.24) is 15.0 Å². The van der Waals surface area contributed by atoms with Gasteiger partial charge < -0.3 is 13.8 Å². The largest absolute Gasteiger partial charge is 0.440 e. The molecule has 1 fully saturated rings. The third kappa shape index (κ3) is 2.63. The summed E-state index contributed by atoms with van der Waals surface area (Å²) in [6.07, 6.45) is 2.56. The third-order valence-electron chi connectivity index (χ3n) is 3.51. The number of hydrogen-bond donors (Lipinski definition) is 0. The van der Waals surface area contributed by atoms with Crippen molar-refractivity contribution in [1.29, 1.82) is 0 Å². The minimum absolute atomic E-state index is 0.00691. The summed E-state index contributed by atoms with van der Waals surface area (Å²) in [7, 11) is -3.48. The van der Waals surface area contributed by atoms with Gasteiger partial charge in [0.25, 0.3) is 5.91 Å². The predicted molar refractivity (Wildman–Crippen MR) is 73.9 cm³/mol. The topological polar surface area (TPSA) is 107 Å². The number of nitrogens with zero attached hydrogens (tertiary/aromatic N) is 3. The molecule has 1 saturated heterocycles. The quantitative estimate of drug-likeness (QED) is 0.838. The Balaban J connectivity index is 1.86. The molecule has 22 heavy (non-hydrogen) atoms. The number of aryl methyl sites for hydroxylation is 1. The highest BCUT2D eigenvalue weighted by Crippen LogP contribution is 2.32. The van der Waals surface area contributed by atoms with Crippen LogP contribution >= 0.6 is 0 Å². The Kier molecular flexibility index (Phi) is 3.51. The molecule has 0 N–H and O–H groups in total. The fourth-order valence-electron chi connectivity index (χ4n) is 2.50. The summed E-state index contributed by atoms with van der Waals surface area (Å²) in [6, 6.07) is 2.37. The van der Waals surface area contributed by atoms with E-state index in [9.17, 15) is 13.2 Å². The molecular weight excluding hydrogens is 310 g/mol. The molecular formula is C13H15N3O5S. The highest BCUT2D eigenvalue weighted by molar-refractivity contribution is 7.90. The molecule has 2 aromatic rings. The molecule has 0 spiro atoms. The molecule has 3 heterocycles. The van der Waals surface area contributed by atoms with Crippen molar-refractivity contribution >= 4 is 15.7 Å². The Bertz CT molecular complexity index is 807. The standard InChI is InChI=1S/C13H15N3O5S/c1-8-14-12(15-21-8)9-4-3-7-16(9)13(17)10-5-6-11(20-10)22(2,18)19/h5-6,9H,3-4,7H2,1-2H3. The number of sulfone groups is 1. The van der Waals surface area contributed by atoms with Crippen LogP contribution < -0.4 is 0 Å². The summed E-state index contributed by atoms with van der Waals surface area (Å²) in [5, 5.41) is 3.64. The smallest absolute Gasteiger partial charge is 0.290 e. The summed E-state index contributed by atoms with van der Waals surface area (Å²) in [5.41, 5.74) is 0. The van der Waals surface area contributed by atoms with Gasteiger partial charge in [-0.25, -0.2) is 8.42 Å². The first kappa shape index (κ1) is 14.8. The van der Waals surface area contributed by atoms with Crippen LogP contribution in [0.1, 0.15) is 41.2 Å². The van der Waals surface area contributed by atoms with Crippen LogP contribution in [0.4, 0.5) is 0 Å². The van der Waals surface area contributed by atoms with Gasteiger partial charge in [0.15, 0.2) is 11.6 Å². The van der Waals surface area contributed by atoms with Gasteiger partial charge in [-0.05, 0) is 25.0 Å². The van der Waals surface area contributed by atoms with Crippen molar-refractivity contribution in [2.45, 2.75) is 30.9 Å². The molecule has 1 amide bonds. The molecule has 118 valence electrons. The van der Waals surface area contributed by atoms with E-state index in [1.54, 1.807) is 11.8 Å². The lowest BCUT2D eigenvalue weighted by atomic mass is 10.2. The molecule has 0 aliphatic carbocycles. The lowest BCUT2D eigenvalue weighted by Crippen LogP contribution is -2.30. The number of carbonyl (C=O) groups excluding carboxylic acids is 1. The predicted octanol–water partition coefficient (Wildman–Crippen LogP) is 1.35. The summed E-state index contributed by atoms with van der Waals surface area (Å²) < 4.78 is 33.0. The first-order valence-corrected chi connectivity index (χ1v) is 8.66. The van der Waals surface area contributed by atoms with Gasteiger partial charge in [-0.2, -0.15) is 4.98 Å². The monoisotopic (exact) mass is 325 g/mol. The Hall–Kier alpha value is -2.16. The van der Waals surface area contributed by atoms with Gasteiger partial charge in [-0.3, -0.25) is 4.79 Å². The molecule has 3 rings (SSSR count). The highest BCUT2D eigenvalue weighted by atomic mass is 32.2. The molecule has 2 aromatic heterocycles. The molecule has 1 aliphatic heterocycles. The maximum atomic E-state index is 12.5. The Morgan fingerprint density at radius 3 is 2.77 bits per heavy atom. The summed E-state index contributed by atoms with van der Waals surface area (Å²) >= 11 is 0. The molecule has 0 radical (unpaired) electrons. The van der Waals surface area contributed by atoms with Gasteiger partial charge in [0, 0.05) is 19.7 Å². The molecule has 8 nitrogen and oxygen atoms in total. The summed E-state index contributed by atoms with van der Waals surface area (Å²) in [4.78, 5) is 18.3. The number of carbonyl (C=O) groups is 1. The lowest BCUT2D eigenvalue weighted by Gasteiger charge is -2.20. The zero-order valence-electron chi connectivity index (χ0n) is 12.1. The van der Waals surface area contributed by atoms with Crippen LogP contribution in [0.2, 0.25) is 0 Å². The number of likely N-dealkylation sites (tertiary alicyclic amines) is 1. The van der Waals surface area contributed by atoms with Gasteiger partial charge in [0.1, 0.15) is 0 Å². The lowest BCUT2D eigenvalue weighted by molar-refractivity contribution is 0.0690. The number of furan rings is 1. The Labute approximate surface area is 127 Å². The zero-order chi connectivity index (χ0) is 15.9. The van der Waals surface area contributed by atoms with Crippen LogP contribution in [0.5, 0.6) is 0 Å². The highest BCUT2D eigenvalue weighted by Gasteiger charge is 2.35. The van der Waals surface area contributed by atoms with Gasteiger partial charge in [0.2, 0.25) is 20.8 Å². The van der Waals surface area contributed by atoms with Crippen LogP contribution in [0.25, 0.3) is 0 Å². The average molecular weight is 325 g/mol. The molecule has 1 atom stereocenters. The summed E-state index contributed by atoms with van der Waals surface area (Å²) in [5.74, 6) is 0.511. The second-order valence-corrected chi connectivity index (χ2v) is 7.17. The minimum Gasteiger partial charge on any atom is -0.440 e. The second kappa shape index (κ2) is 5.24. The number of rotatable bonds is 3. The van der Waals surface area contributed by atoms with Crippen molar-refractivity contribution < 1.29 is 22.2 Å². The average Bonchev–Trinajstić information content (AvgIpc) is 3.16. The molecule has 0 bridgehead atoms. The molecule has 0 aromatic carbocycles. The molecule has 1 aliphatic rings. The van der Waals surface area contributed by atoms with Crippen LogP contribution in [0, 0.1) is 6.92 Å². The number of amides is 1. The normalized spacial score (nSPS) is 18.8. The second-order valence-electron chi connectivity index (χ2n) is 5.22. The maximum Gasteiger partial charge on any atom is 0.290 e. The van der Waals surface area contributed by atoms with Crippen LogP contribution in [0.15, 0.2) is 26.2 Å². The number of hydrogen-bond acceptors (Lipinski definition) is 7. The molecule has 0 saturated carbocycles. The Morgan fingerprint density at radius 2 is 2.18 bits per heavy atom. The SMILES string of the molecule is Cc1nc(C2CCCN2C(=O)c2ccc(S(C)(=O)=O)o2)no1. The Morgan fingerprint density at radius 1 is 1.41 bits per heavy atom. The fraction of sp³-hybridized carbons (Fsp3) is 0.462. The van der Waals surface area contributed by atoms with Crippen molar-refractivity contribution in [2.24, 2.45) is 0 Å². The van der Waals surface area contributed by atoms with Gasteiger partial charge in [-0.1, -0.05) is 5.16 Å². The number of aromatic nitrogens is 2. The summed E-state index contributed by atoms with van der Waals surface area (Å²) in [6.45, 7) is 2.22. The first-order valence-electron chi connectivity index (χ1n) is 6.77. The van der Waals surface area contributed by atoms with E-state index < -0.39 is 9.84 Å². The van der Waals surface area contributed by atoms with Crippen LogP contribution in [0.3, 0.4) is 0 Å².